The number of amides is 1. The van der Waals surface area contributed by atoms with Gasteiger partial charge >= 0.3 is 0 Å². The van der Waals surface area contributed by atoms with Crippen LogP contribution < -0.4 is 15.4 Å². The van der Waals surface area contributed by atoms with E-state index in [1.807, 2.05) is 25.1 Å². The molecule has 1 aromatic carbocycles. The molecule has 0 saturated carbocycles. The molecule has 0 atom stereocenters. The minimum atomic E-state index is -0.235. The normalized spacial score (nSPS) is 9.95. The van der Waals surface area contributed by atoms with Gasteiger partial charge in [-0.05, 0) is 42.8 Å². The number of anilines is 2. The largest absolute Gasteiger partial charge is 0.497 e. The Bertz CT molecular complexity index is 609. The van der Waals surface area contributed by atoms with Crippen LogP contribution in [-0.4, -0.2) is 25.0 Å². The minimum absolute atomic E-state index is 0.235. The number of nitrogens with zero attached hydrogens (tertiary/aromatic N) is 1. The lowest BCUT2D eigenvalue weighted by molar-refractivity contribution is 0.102. The predicted molar refractivity (Wildman–Crippen MR) is 79.5 cm³/mol. The van der Waals surface area contributed by atoms with Crippen LogP contribution in [0.2, 0.25) is 0 Å². The van der Waals surface area contributed by atoms with E-state index in [1.54, 1.807) is 32.5 Å². The maximum Gasteiger partial charge on any atom is 0.274 e. The Balaban J connectivity index is 2.14. The quantitative estimate of drug-likeness (QED) is 0.897. The minimum Gasteiger partial charge on any atom is -0.497 e. The molecule has 0 aliphatic rings. The number of pyridine rings is 1. The Morgan fingerprint density at radius 3 is 2.60 bits per heavy atom. The molecule has 1 heterocycles. The highest BCUT2D eigenvalue weighted by Crippen LogP contribution is 2.21. The van der Waals surface area contributed by atoms with Crippen molar-refractivity contribution in [3.05, 3.63) is 47.8 Å². The predicted octanol–water partition coefficient (Wildman–Crippen LogP) is 2.69. The van der Waals surface area contributed by atoms with Gasteiger partial charge in [0.2, 0.25) is 0 Å². The molecule has 2 N–H and O–H groups in total. The van der Waals surface area contributed by atoms with Crippen molar-refractivity contribution in [2.45, 2.75) is 6.92 Å². The monoisotopic (exact) mass is 271 g/mol. The maximum atomic E-state index is 12.1. The number of benzene rings is 1. The zero-order valence-corrected chi connectivity index (χ0v) is 11.7. The van der Waals surface area contributed by atoms with Gasteiger partial charge in [0.25, 0.3) is 5.91 Å². The van der Waals surface area contributed by atoms with Crippen LogP contribution in [0.25, 0.3) is 0 Å². The molecule has 2 aromatic rings. The molecule has 0 spiro atoms. The van der Waals surface area contributed by atoms with Gasteiger partial charge in [0, 0.05) is 12.7 Å². The number of carbonyl (C=O) groups excluding carboxylic acids is 1. The van der Waals surface area contributed by atoms with Crippen molar-refractivity contribution in [3.63, 3.8) is 0 Å². The fraction of sp³-hybridized carbons (Fsp3) is 0.200. The van der Waals surface area contributed by atoms with Crippen molar-refractivity contribution in [3.8, 4) is 5.75 Å². The summed E-state index contributed by atoms with van der Waals surface area (Å²) >= 11 is 0. The fourth-order valence-corrected chi connectivity index (χ4v) is 1.77. The zero-order valence-electron chi connectivity index (χ0n) is 11.7. The van der Waals surface area contributed by atoms with Crippen molar-refractivity contribution >= 4 is 17.3 Å². The molecule has 20 heavy (non-hydrogen) atoms. The number of aromatic nitrogens is 1. The standard InChI is InChI=1S/C15H17N3O2/c1-10-8-12(20-3)5-7-13(10)18-15(19)14-6-4-11(16-2)9-17-14/h4-9,16H,1-3H3,(H,18,19). The Kier molecular flexibility index (Phi) is 4.20. The van der Waals surface area contributed by atoms with Gasteiger partial charge in [0.1, 0.15) is 11.4 Å². The highest BCUT2D eigenvalue weighted by atomic mass is 16.5. The average molecular weight is 271 g/mol. The van der Waals surface area contributed by atoms with Gasteiger partial charge in [-0.25, -0.2) is 4.98 Å². The van der Waals surface area contributed by atoms with Crippen LogP contribution in [0.5, 0.6) is 5.75 Å². The van der Waals surface area contributed by atoms with Crippen molar-refractivity contribution < 1.29 is 9.53 Å². The van der Waals surface area contributed by atoms with E-state index in [-0.39, 0.29) is 5.91 Å². The summed E-state index contributed by atoms with van der Waals surface area (Å²) in [6.45, 7) is 1.91. The number of aryl methyl sites for hydroxylation is 1. The molecule has 2 rings (SSSR count). The van der Waals surface area contributed by atoms with Crippen LogP contribution >= 0.6 is 0 Å². The van der Waals surface area contributed by atoms with Crippen LogP contribution in [-0.2, 0) is 0 Å². The molecular formula is C15H17N3O2. The summed E-state index contributed by atoms with van der Waals surface area (Å²) < 4.78 is 5.13. The molecule has 5 heteroatoms. The summed E-state index contributed by atoms with van der Waals surface area (Å²) in [5, 5.41) is 5.79. The molecule has 0 saturated heterocycles. The maximum absolute atomic E-state index is 12.1. The number of hydrogen-bond donors (Lipinski definition) is 2. The summed E-state index contributed by atoms with van der Waals surface area (Å²) in [5.74, 6) is 0.526. The third-order valence-corrected chi connectivity index (χ3v) is 2.97. The van der Waals surface area contributed by atoms with Gasteiger partial charge in [-0.2, -0.15) is 0 Å². The summed E-state index contributed by atoms with van der Waals surface area (Å²) in [6.07, 6.45) is 1.62. The third-order valence-electron chi connectivity index (χ3n) is 2.97. The first-order valence-corrected chi connectivity index (χ1v) is 6.24. The lowest BCUT2D eigenvalue weighted by Crippen LogP contribution is -2.14. The molecule has 5 nitrogen and oxygen atoms in total. The second kappa shape index (κ2) is 6.06. The molecule has 0 unspecified atom stereocenters. The van der Waals surface area contributed by atoms with Crippen LogP contribution in [0.4, 0.5) is 11.4 Å². The van der Waals surface area contributed by atoms with E-state index in [0.29, 0.717) is 5.69 Å². The first-order valence-electron chi connectivity index (χ1n) is 6.24. The van der Waals surface area contributed by atoms with Crippen LogP contribution in [0.1, 0.15) is 16.1 Å². The van der Waals surface area contributed by atoms with Crippen molar-refractivity contribution in [1.29, 1.82) is 0 Å². The first kappa shape index (κ1) is 13.9. The van der Waals surface area contributed by atoms with Crippen LogP contribution in [0, 0.1) is 6.92 Å². The van der Waals surface area contributed by atoms with Gasteiger partial charge in [0.05, 0.1) is 19.0 Å². The second-order valence-corrected chi connectivity index (χ2v) is 4.32. The van der Waals surface area contributed by atoms with Crippen molar-refractivity contribution in [2.24, 2.45) is 0 Å². The molecule has 104 valence electrons. The molecule has 1 aromatic heterocycles. The number of nitrogens with one attached hydrogen (secondary N) is 2. The lowest BCUT2D eigenvalue weighted by Gasteiger charge is -2.09. The Morgan fingerprint density at radius 1 is 1.25 bits per heavy atom. The number of carbonyl (C=O) groups is 1. The zero-order chi connectivity index (χ0) is 14.5. The Morgan fingerprint density at radius 2 is 2.05 bits per heavy atom. The van der Waals surface area contributed by atoms with Gasteiger partial charge in [-0.3, -0.25) is 4.79 Å². The van der Waals surface area contributed by atoms with E-state index < -0.39 is 0 Å². The summed E-state index contributed by atoms with van der Waals surface area (Å²) in [4.78, 5) is 16.2. The van der Waals surface area contributed by atoms with E-state index in [4.69, 9.17) is 4.74 Å². The highest BCUT2D eigenvalue weighted by Gasteiger charge is 2.09. The first-order chi connectivity index (χ1) is 9.63. The smallest absolute Gasteiger partial charge is 0.274 e. The van der Waals surface area contributed by atoms with E-state index in [1.165, 1.54) is 0 Å². The fourth-order valence-electron chi connectivity index (χ4n) is 1.77. The Hall–Kier alpha value is -2.56. The number of hydrogen-bond acceptors (Lipinski definition) is 4. The molecule has 0 radical (unpaired) electrons. The SMILES string of the molecule is CNc1ccc(C(=O)Nc2ccc(OC)cc2C)nc1. The molecule has 0 fully saturated rings. The van der Waals surface area contributed by atoms with Gasteiger partial charge in [-0.1, -0.05) is 0 Å². The molecular weight excluding hydrogens is 254 g/mol. The summed E-state index contributed by atoms with van der Waals surface area (Å²) in [5.41, 5.74) is 2.92. The van der Waals surface area contributed by atoms with Crippen LogP contribution in [0.15, 0.2) is 36.5 Å². The molecule has 0 aliphatic heterocycles. The van der Waals surface area contributed by atoms with Crippen molar-refractivity contribution in [2.75, 3.05) is 24.8 Å². The van der Waals surface area contributed by atoms with Crippen LogP contribution in [0.3, 0.4) is 0 Å². The topological polar surface area (TPSA) is 63.2 Å². The molecule has 1 amide bonds. The van der Waals surface area contributed by atoms with E-state index >= 15 is 0 Å². The van der Waals surface area contributed by atoms with E-state index in [0.717, 1.165) is 22.7 Å². The third kappa shape index (κ3) is 3.06. The van der Waals surface area contributed by atoms with Crippen molar-refractivity contribution in [1.82, 2.24) is 4.98 Å². The van der Waals surface area contributed by atoms with Gasteiger partial charge in [-0.15, -0.1) is 0 Å². The molecule has 0 aliphatic carbocycles. The Labute approximate surface area is 118 Å². The second-order valence-electron chi connectivity index (χ2n) is 4.32. The van der Waals surface area contributed by atoms with E-state index in [9.17, 15) is 4.79 Å². The number of ether oxygens (including phenoxy) is 1. The summed E-state index contributed by atoms with van der Waals surface area (Å²) in [7, 11) is 3.41. The number of methoxy groups -OCH3 is 1. The van der Waals surface area contributed by atoms with Gasteiger partial charge < -0.3 is 15.4 Å². The van der Waals surface area contributed by atoms with Gasteiger partial charge in [0.15, 0.2) is 0 Å². The molecule has 0 bridgehead atoms. The average Bonchev–Trinajstić information content (AvgIpc) is 2.49. The van der Waals surface area contributed by atoms with E-state index in [2.05, 4.69) is 15.6 Å². The highest BCUT2D eigenvalue weighted by molar-refractivity contribution is 6.03. The summed E-state index contributed by atoms with van der Waals surface area (Å²) in [6, 6.07) is 8.98. The lowest BCUT2D eigenvalue weighted by atomic mass is 10.2. The number of rotatable bonds is 4.